The van der Waals surface area contributed by atoms with Crippen molar-refractivity contribution in [2.75, 3.05) is 25.6 Å². The molecule has 0 unspecified atom stereocenters. The number of ether oxygens (including phenoxy) is 3. The van der Waals surface area contributed by atoms with E-state index >= 15 is 0 Å². The number of non-ortho nitro benzene ring substituents is 1. The Kier molecular flexibility index (Phi) is 5.87. The van der Waals surface area contributed by atoms with Crippen molar-refractivity contribution < 1.29 is 23.9 Å². The Bertz CT molecular complexity index is 815. The van der Waals surface area contributed by atoms with E-state index in [2.05, 4.69) is 5.32 Å². The summed E-state index contributed by atoms with van der Waals surface area (Å²) in [5, 5.41) is 14.0. The molecule has 0 amide bonds. The lowest BCUT2D eigenvalue weighted by Crippen LogP contribution is -2.16. The van der Waals surface area contributed by atoms with Crippen LogP contribution in [0.3, 0.4) is 0 Å². The Hall–Kier alpha value is -3.13. The third-order valence-corrected chi connectivity index (χ3v) is 4.21. The van der Waals surface area contributed by atoms with Gasteiger partial charge in [0.2, 0.25) is 0 Å². The lowest BCUT2D eigenvalue weighted by Gasteiger charge is -2.13. The fourth-order valence-corrected chi connectivity index (χ4v) is 2.79. The van der Waals surface area contributed by atoms with Crippen molar-refractivity contribution in [3.8, 4) is 5.75 Å². The molecule has 1 heterocycles. The van der Waals surface area contributed by atoms with E-state index in [1.165, 1.54) is 25.3 Å². The maximum atomic E-state index is 11.9. The van der Waals surface area contributed by atoms with Crippen LogP contribution in [0.2, 0.25) is 0 Å². The maximum Gasteiger partial charge on any atom is 0.340 e. The minimum atomic E-state index is -0.655. The lowest BCUT2D eigenvalue weighted by atomic mass is 10.1. The first-order chi connectivity index (χ1) is 13.1. The summed E-state index contributed by atoms with van der Waals surface area (Å²) in [5.41, 5.74) is 1.03. The molecule has 0 aromatic heterocycles. The molecule has 0 spiro atoms. The molecule has 142 valence electrons. The summed E-state index contributed by atoms with van der Waals surface area (Å²) < 4.78 is 16.0. The van der Waals surface area contributed by atoms with Crippen molar-refractivity contribution in [2.24, 2.45) is 0 Å². The van der Waals surface area contributed by atoms with E-state index in [0.29, 0.717) is 23.7 Å². The molecular weight excluding hydrogens is 352 g/mol. The number of esters is 1. The Morgan fingerprint density at radius 3 is 2.70 bits per heavy atom. The predicted octanol–water partition coefficient (Wildman–Crippen LogP) is 3.68. The SMILES string of the molecule is COC(=O)c1cc([N+](=O)[O-])ccc1Nc1ccc(OC[C@@H]2CCCO2)cc1. The predicted molar refractivity (Wildman–Crippen MR) is 98.6 cm³/mol. The summed E-state index contributed by atoms with van der Waals surface area (Å²) in [6.45, 7) is 1.30. The molecule has 8 nitrogen and oxygen atoms in total. The maximum absolute atomic E-state index is 11.9. The number of hydrogen-bond acceptors (Lipinski definition) is 7. The van der Waals surface area contributed by atoms with Crippen LogP contribution in [0.4, 0.5) is 17.1 Å². The van der Waals surface area contributed by atoms with Gasteiger partial charge in [0.25, 0.3) is 5.69 Å². The number of nitrogens with one attached hydrogen (secondary N) is 1. The summed E-state index contributed by atoms with van der Waals surface area (Å²) >= 11 is 0. The van der Waals surface area contributed by atoms with E-state index in [1.807, 2.05) is 0 Å². The summed E-state index contributed by atoms with van der Waals surface area (Å²) in [6, 6.07) is 11.2. The average molecular weight is 372 g/mol. The molecule has 0 aliphatic carbocycles. The molecule has 3 rings (SSSR count). The highest BCUT2D eigenvalue weighted by Crippen LogP contribution is 2.27. The molecule has 1 atom stereocenters. The third kappa shape index (κ3) is 4.73. The normalized spacial score (nSPS) is 16.0. The highest BCUT2D eigenvalue weighted by molar-refractivity contribution is 5.97. The van der Waals surface area contributed by atoms with E-state index < -0.39 is 10.9 Å². The summed E-state index contributed by atoms with van der Waals surface area (Å²) in [7, 11) is 1.23. The Balaban J connectivity index is 1.70. The molecule has 2 aromatic carbocycles. The van der Waals surface area contributed by atoms with Gasteiger partial charge in [0, 0.05) is 24.4 Å². The zero-order valence-corrected chi connectivity index (χ0v) is 14.8. The van der Waals surface area contributed by atoms with Gasteiger partial charge < -0.3 is 19.5 Å². The number of nitro groups is 1. The minimum Gasteiger partial charge on any atom is -0.491 e. The number of methoxy groups -OCH3 is 1. The van der Waals surface area contributed by atoms with Gasteiger partial charge in [-0.3, -0.25) is 10.1 Å². The first-order valence-corrected chi connectivity index (χ1v) is 8.55. The Labute approximate surface area is 156 Å². The summed E-state index contributed by atoms with van der Waals surface area (Å²) in [4.78, 5) is 22.3. The minimum absolute atomic E-state index is 0.0883. The molecule has 1 aliphatic heterocycles. The van der Waals surface area contributed by atoms with Gasteiger partial charge in [-0.2, -0.15) is 0 Å². The molecule has 1 N–H and O–H groups in total. The quantitative estimate of drug-likeness (QED) is 0.449. The van der Waals surface area contributed by atoms with Crippen LogP contribution in [0, 0.1) is 10.1 Å². The van der Waals surface area contributed by atoms with Gasteiger partial charge in [0.15, 0.2) is 0 Å². The number of hydrogen-bond donors (Lipinski definition) is 1. The highest BCUT2D eigenvalue weighted by atomic mass is 16.6. The van der Waals surface area contributed by atoms with Gasteiger partial charge in [-0.15, -0.1) is 0 Å². The van der Waals surface area contributed by atoms with E-state index in [4.69, 9.17) is 14.2 Å². The topological polar surface area (TPSA) is 99.9 Å². The Morgan fingerprint density at radius 1 is 1.30 bits per heavy atom. The molecule has 0 radical (unpaired) electrons. The van der Waals surface area contributed by atoms with Gasteiger partial charge in [0.05, 0.1) is 29.4 Å². The molecule has 0 bridgehead atoms. The summed E-state index contributed by atoms with van der Waals surface area (Å²) in [5.74, 6) is 0.0608. The van der Waals surface area contributed by atoms with Crippen LogP contribution in [0.15, 0.2) is 42.5 Å². The zero-order chi connectivity index (χ0) is 19.2. The monoisotopic (exact) mass is 372 g/mol. The number of rotatable bonds is 7. The van der Waals surface area contributed by atoms with Crippen LogP contribution < -0.4 is 10.1 Å². The second-order valence-corrected chi connectivity index (χ2v) is 6.07. The van der Waals surface area contributed by atoms with Gasteiger partial charge >= 0.3 is 5.97 Å². The molecule has 0 saturated carbocycles. The van der Waals surface area contributed by atoms with Gasteiger partial charge in [-0.1, -0.05) is 0 Å². The van der Waals surface area contributed by atoms with Crippen molar-refractivity contribution in [1.82, 2.24) is 0 Å². The fraction of sp³-hybridized carbons (Fsp3) is 0.316. The number of nitrogens with zero attached hydrogens (tertiary/aromatic N) is 1. The van der Waals surface area contributed by atoms with Crippen LogP contribution in [-0.4, -0.2) is 37.3 Å². The van der Waals surface area contributed by atoms with Gasteiger partial charge in [-0.05, 0) is 43.2 Å². The molecule has 1 aliphatic rings. The fourth-order valence-electron chi connectivity index (χ4n) is 2.79. The second kappa shape index (κ2) is 8.50. The molecule has 1 fully saturated rings. The average Bonchev–Trinajstić information content (AvgIpc) is 3.20. The van der Waals surface area contributed by atoms with Crippen LogP contribution in [0.25, 0.3) is 0 Å². The number of carbonyl (C=O) groups excluding carboxylic acids is 1. The van der Waals surface area contributed by atoms with Gasteiger partial charge in [-0.25, -0.2) is 4.79 Å². The number of carbonyl (C=O) groups is 1. The molecule has 1 saturated heterocycles. The molecular formula is C19H20N2O6. The van der Waals surface area contributed by atoms with Crippen molar-refractivity contribution in [2.45, 2.75) is 18.9 Å². The van der Waals surface area contributed by atoms with Crippen molar-refractivity contribution in [3.63, 3.8) is 0 Å². The lowest BCUT2D eigenvalue weighted by molar-refractivity contribution is -0.384. The van der Waals surface area contributed by atoms with Crippen LogP contribution in [0.5, 0.6) is 5.75 Å². The standard InChI is InChI=1S/C19H20N2O6/c1-25-19(22)17-11-14(21(23)24)6-9-18(17)20-13-4-7-15(8-5-13)27-12-16-3-2-10-26-16/h4-9,11,16,20H,2-3,10,12H2,1H3/t16-/m0/s1. The van der Waals surface area contributed by atoms with E-state index in [1.54, 1.807) is 24.3 Å². The number of benzene rings is 2. The third-order valence-electron chi connectivity index (χ3n) is 4.21. The zero-order valence-electron chi connectivity index (χ0n) is 14.8. The Morgan fingerprint density at radius 2 is 2.07 bits per heavy atom. The molecule has 2 aromatic rings. The van der Waals surface area contributed by atoms with E-state index in [-0.39, 0.29) is 17.4 Å². The number of anilines is 2. The number of nitro benzene ring substituents is 1. The van der Waals surface area contributed by atoms with Crippen molar-refractivity contribution in [3.05, 3.63) is 58.1 Å². The highest BCUT2D eigenvalue weighted by Gasteiger charge is 2.18. The first kappa shape index (κ1) is 18.7. The molecule has 27 heavy (non-hydrogen) atoms. The molecule has 8 heteroatoms. The van der Waals surface area contributed by atoms with Crippen LogP contribution >= 0.6 is 0 Å². The van der Waals surface area contributed by atoms with Gasteiger partial charge in [0.1, 0.15) is 12.4 Å². The van der Waals surface area contributed by atoms with E-state index in [0.717, 1.165) is 19.4 Å². The van der Waals surface area contributed by atoms with Crippen molar-refractivity contribution >= 4 is 23.0 Å². The smallest absolute Gasteiger partial charge is 0.340 e. The van der Waals surface area contributed by atoms with Crippen LogP contribution in [0.1, 0.15) is 23.2 Å². The van der Waals surface area contributed by atoms with Crippen LogP contribution in [-0.2, 0) is 9.47 Å². The largest absolute Gasteiger partial charge is 0.491 e. The van der Waals surface area contributed by atoms with Crippen molar-refractivity contribution in [1.29, 1.82) is 0 Å². The first-order valence-electron chi connectivity index (χ1n) is 8.55. The van der Waals surface area contributed by atoms with E-state index in [9.17, 15) is 14.9 Å². The second-order valence-electron chi connectivity index (χ2n) is 6.07. The summed E-state index contributed by atoms with van der Waals surface area (Å²) in [6.07, 6.45) is 2.22.